The van der Waals surface area contributed by atoms with E-state index in [1.807, 2.05) is 39.0 Å². The number of amides is 1. The van der Waals surface area contributed by atoms with E-state index >= 15 is 0 Å². The van der Waals surface area contributed by atoms with Crippen molar-refractivity contribution in [3.8, 4) is 0 Å². The number of hydrogen-bond acceptors (Lipinski definition) is 4. The maximum absolute atomic E-state index is 12.7. The Balaban J connectivity index is 2.05. The number of carbonyl (C=O) groups is 2. The SMILES string of the molecule is COC(=O)N1[C@@H](C(C)(C)C)O[C@@H]2C(=O)[C@](Cl)(c3ccccc3)[C@@H]21. The zero-order valence-electron chi connectivity index (χ0n) is 13.6. The minimum absolute atomic E-state index is 0.212. The third-order valence-corrected chi connectivity index (χ3v) is 5.09. The molecule has 3 rings (SSSR count). The lowest BCUT2D eigenvalue weighted by atomic mass is 9.70. The van der Waals surface area contributed by atoms with E-state index in [4.69, 9.17) is 21.1 Å². The Morgan fingerprint density at radius 3 is 2.43 bits per heavy atom. The van der Waals surface area contributed by atoms with E-state index in [0.29, 0.717) is 5.56 Å². The molecule has 0 bridgehead atoms. The van der Waals surface area contributed by atoms with Gasteiger partial charge < -0.3 is 9.47 Å². The van der Waals surface area contributed by atoms with Crippen molar-refractivity contribution < 1.29 is 19.1 Å². The number of fused-ring (bicyclic) bond motifs is 1. The third kappa shape index (κ3) is 2.17. The first-order chi connectivity index (χ1) is 10.7. The molecule has 1 aliphatic heterocycles. The molecule has 1 saturated carbocycles. The zero-order chi connectivity index (χ0) is 17.0. The average molecular weight is 338 g/mol. The number of halogens is 1. The molecule has 1 amide bonds. The minimum atomic E-state index is -1.29. The fourth-order valence-corrected chi connectivity index (χ4v) is 3.82. The zero-order valence-corrected chi connectivity index (χ0v) is 14.3. The first-order valence-corrected chi connectivity index (χ1v) is 7.91. The molecule has 0 spiro atoms. The summed E-state index contributed by atoms with van der Waals surface area (Å²) in [5, 5.41) is 0. The van der Waals surface area contributed by atoms with Crippen molar-refractivity contribution in [1.29, 1.82) is 0 Å². The monoisotopic (exact) mass is 337 g/mol. The molecule has 23 heavy (non-hydrogen) atoms. The van der Waals surface area contributed by atoms with Gasteiger partial charge in [-0.05, 0) is 5.56 Å². The lowest BCUT2D eigenvalue weighted by molar-refractivity contribution is -0.145. The first kappa shape index (κ1) is 16.3. The summed E-state index contributed by atoms with van der Waals surface area (Å²) in [4.78, 5) is 25.2. The maximum atomic E-state index is 12.7. The molecule has 1 saturated heterocycles. The fourth-order valence-electron chi connectivity index (χ4n) is 3.36. The molecular formula is C17H20ClNO4. The van der Waals surface area contributed by atoms with Crippen LogP contribution >= 0.6 is 11.6 Å². The van der Waals surface area contributed by atoms with E-state index in [1.54, 1.807) is 12.1 Å². The standard InChI is InChI=1S/C17H20ClNO4/c1-16(2,3)14-19(15(21)22-4)12-11(23-14)13(20)17(12,18)10-8-6-5-7-9-10/h5-9,11-12,14H,1-4H3/t11-,12+,14+,17-/m0/s1. The Bertz CT molecular complexity index is 642. The van der Waals surface area contributed by atoms with Crippen LogP contribution in [0.4, 0.5) is 4.79 Å². The van der Waals surface area contributed by atoms with Gasteiger partial charge in [0.1, 0.15) is 18.4 Å². The van der Waals surface area contributed by atoms with E-state index < -0.39 is 29.3 Å². The number of ketones is 1. The second kappa shape index (κ2) is 5.21. The summed E-state index contributed by atoms with van der Waals surface area (Å²) < 4.78 is 10.8. The Morgan fingerprint density at radius 1 is 1.30 bits per heavy atom. The van der Waals surface area contributed by atoms with Crippen molar-refractivity contribution in [3.05, 3.63) is 35.9 Å². The average Bonchev–Trinajstić information content (AvgIpc) is 2.92. The molecule has 4 atom stereocenters. The van der Waals surface area contributed by atoms with Crippen LogP contribution in [0.3, 0.4) is 0 Å². The Morgan fingerprint density at radius 2 is 1.91 bits per heavy atom. The minimum Gasteiger partial charge on any atom is -0.453 e. The molecule has 0 aromatic heterocycles. The molecule has 1 aliphatic carbocycles. The van der Waals surface area contributed by atoms with Crippen molar-refractivity contribution in [1.82, 2.24) is 4.90 Å². The van der Waals surface area contributed by atoms with Crippen LogP contribution in [0.25, 0.3) is 0 Å². The normalized spacial score (nSPS) is 33.2. The van der Waals surface area contributed by atoms with Gasteiger partial charge in [0.2, 0.25) is 0 Å². The largest absolute Gasteiger partial charge is 0.453 e. The second-order valence-electron chi connectivity index (χ2n) is 7.04. The molecule has 2 fully saturated rings. The number of hydrogen-bond donors (Lipinski definition) is 0. The Hall–Kier alpha value is -1.59. The second-order valence-corrected chi connectivity index (χ2v) is 7.64. The molecule has 1 aromatic carbocycles. The van der Waals surface area contributed by atoms with Gasteiger partial charge >= 0.3 is 6.09 Å². The quantitative estimate of drug-likeness (QED) is 0.739. The molecule has 1 aromatic rings. The summed E-state index contributed by atoms with van der Waals surface area (Å²) in [6.45, 7) is 5.84. The number of rotatable bonds is 1. The van der Waals surface area contributed by atoms with Crippen LogP contribution in [0.15, 0.2) is 30.3 Å². The number of nitrogens with zero attached hydrogens (tertiary/aromatic N) is 1. The van der Waals surface area contributed by atoms with Crippen LogP contribution in [-0.2, 0) is 19.1 Å². The summed E-state index contributed by atoms with van der Waals surface area (Å²) in [5.74, 6) is -0.212. The van der Waals surface area contributed by atoms with Crippen LogP contribution in [0.5, 0.6) is 0 Å². The maximum Gasteiger partial charge on any atom is 0.412 e. The molecule has 0 unspecified atom stereocenters. The highest BCUT2D eigenvalue weighted by atomic mass is 35.5. The summed E-state index contributed by atoms with van der Waals surface area (Å²) in [7, 11) is 1.31. The van der Waals surface area contributed by atoms with Crippen LogP contribution in [0.1, 0.15) is 26.3 Å². The van der Waals surface area contributed by atoms with E-state index in [1.165, 1.54) is 12.0 Å². The highest BCUT2D eigenvalue weighted by Gasteiger charge is 2.72. The predicted molar refractivity (Wildman–Crippen MR) is 85.1 cm³/mol. The van der Waals surface area contributed by atoms with E-state index in [-0.39, 0.29) is 11.2 Å². The number of ether oxygens (including phenoxy) is 2. The van der Waals surface area contributed by atoms with Crippen molar-refractivity contribution in [2.75, 3.05) is 7.11 Å². The smallest absolute Gasteiger partial charge is 0.412 e. The molecule has 0 N–H and O–H groups in total. The summed E-state index contributed by atoms with van der Waals surface area (Å²) >= 11 is 6.72. The van der Waals surface area contributed by atoms with Crippen molar-refractivity contribution in [3.63, 3.8) is 0 Å². The van der Waals surface area contributed by atoms with Crippen LogP contribution in [-0.4, -0.2) is 42.3 Å². The van der Waals surface area contributed by atoms with Crippen LogP contribution in [0.2, 0.25) is 0 Å². The number of alkyl halides is 1. The van der Waals surface area contributed by atoms with Crippen molar-refractivity contribution in [2.45, 2.75) is 44.0 Å². The Labute approximate surface area is 140 Å². The van der Waals surface area contributed by atoms with E-state index in [2.05, 4.69) is 0 Å². The van der Waals surface area contributed by atoms with Gasteiger partial charge in [0.25, 0.3) is 0 Å². The molecular weight excluding hydrogens is 318 g/mol. The first-order valence-electron chi connectivity index (χ1n) is 7.53. The fraction of sp³-hybridized carbons (Fsp3) is 0.529. The van der Waals surface area contributed by atoms with Gasteiger partial charge in [-0.1, -0.05) is 51.1 Å². The molecule has 0 radical (unpaired) electrons. The van der Waals surface area contributed by atoms with Gasteiger partial charge in [-0.3, -0.25) is 9.69 Å². The molecule has 6 heteroatoms. The number of carbonyl (C=O) groups excluding carboxylic acids is 2. The molecule has 5 nitrogen and oxygen atoms in total. The number of Topliss-reactive ketones (excluding diaryl/α,β-unsaturated/α-hetero) is 1. The van der Waals surface area contributed by atoms with E-state index in [0.717, 1.165) is 0 Å². The lowest BCUT2D eigenvalue weighted by Crippen LogP contribution is -2.68. The predicted octanol–water partition coefficient (Wildman–Crippen LogP) is 2.91. The van der Waals surface area contributed by atoms with Gasteiger partial charge in [-0.2, -0.15) is 0 Å². The highest BCUT2D eigenvalue weighted by Crippen LogP contribution is 2.54. The number of methoxy groups -OCH3 is 1. The van der Waals surface area contributed by atoms with Crippen molar-refractivity contribution >= 4 is 23.5 Å². The van der Waals surface area contributed by atoms with Gasteiger partial charge in [-0.25, -0.2) is 4.79 Å². The molecule has 1 heterocycles. The number of benzene rings is 1. The van der Waals surface area contributed by atoms with Gasteiger partial charge in [-0.15, -0.1) is 11.6 Å². The van der Waals surface area contributed by atoms with Gasteiger partial charge in [0.15, 0.2) is 10.7 Å². The lowest BCUT2D eigenvalue weighted by Gasteiger charge is -2.47. The molecule has 124 valence electrons. The van der Waals surface area contributed by atoms with Crippen LogP contribution in [0, 0.1) is 5.41 Å². The summed E-state index contributed by atoms with van der Waals surface area (Å²) in [5.41, 5.74) is 0.292. The summed E-state index contributed by atoms with van der Waals surface area (Å²) in [6, 6.07) is 8.50. The highest BCUT2D eigenvalue weighted by molar-refractivity contribution is 6.40. The van der Waals surface area contributed by atoms with Gasteiger partial charge in [0, 0.05) is 5.41 Å². The topological polar surface area (TPSA) is 55.8 Å². The van der Waals surface area contributed by atoms with Crippen LogP contribution < -0.4 is 0 Å². The van der Waals surface area contributed by atoms with E-state index in [9.17, 15) is 9.59 Å². The van der Waals surface area contributed by atoms with Gasteiger partial charge in [0.05, 0.1) is 7.11 Å². The molecule has 2 aliphatic rings. The van der Waals surface area contributed by atoms with Crippen molar-refractivity contribution in [2.24, 2.45) is 5.41 Å². The summed E-state index contributed by atoms with van der Waals surface area (Å²) in [6.07, 6.45) is -1.82. The third-order valence-electron chi connectivity index (χ3n) is 4.46. The Kier molecular flexibility index (Phi) is 3.69.